The first-order valence-corrected chi connectivity index (χ1v) is 7.02. The lowest BCUT2D eigenvalue weighted by molar-refractivity contribution is 0.459. The van der Waals surface area contributed by atoms with Gasteiger partial charge in [0.1, 0.15) is 11.6 Å². The highest BCUT2D eigenvalue weighted by atomic mass is 32.2. The minimum Gasteiger partial charge on any atom is -0.468 e. The monoisotopic (exact) mass is 265 g/mol. The highest BCUT2D eigenvalue weighted by Crippen LogP contribution is 2.23. The van der Waals surface area contributed by atoms with Crippen LogP contribution < -0.4 is 5.32 Å². The Kier molecular flexibility index (Phi) is 4.44. The van der Waals surface area contributed by atoms with Gasteiger partial charge in [-0.05, 0) is 43.0 Å². The van der Waals surface area contributed by atoms with E-state index in [4.69, 9.17) is 4.42 Å². The minimum absolute atomic E-state index is 0.0838. The fraction of sp³-hybridized carbons (Fsp3) is 0.286. The lowest BCUT2D eigenvalue weighted by Crippen LogP contribution is -2.17. The number of hydrogen-bond donors (Lipinski definition) is 1. The average molecular weight is 265 g/mol. The van der Waals surface area contributed by atoms with Gasteiger partial charge in [0.15, 0.2) is 0 Å². The van der Waals surface area contributed by atoms with Gasteiger partial charge in [0.2, 0.25) is 0 Å². The van der Waals surface area contributed by atoms with E-state index in [1.54, 1.807) is 12.3 Å². The number of benzene rings is 1. The zero-order valence-corrected chi connectivity index (χ0v) is 11.3. The predicted molar refractivity (Wildman–Crippen MR) is 72.1 cm³/mol. The number of thioether (sulfide) groups is 1. The van der Waals surface area contributed by atoms with Crippen molar-refractivity contribution in [3.63, 3.8) is 0 Å². The topological polar surface area (TPSA) is 25.2 Å². The molecule has 4 heteroatoms. The van der Waals surface area contributed by atoms with E-state index >= 15 is 0 Å². The third-order valence-electron chi connectivity index (χ3n) is 2.84. The van der Waals surface area contributed by atoms with E-state index in [1.165, 1.54) is 11.8 Å². The van der Waals surface area contributed by atoms with Crippen molar-refractivity contribution in [1.82, 2.24) is 5.32 Å². The lowest BCUT2D eigenvalue weighted by Gasteiger charge is -2.14. The van der Waals surface area contributed by atoms with Gasteiger partial charge < -0.3 is 9.73 Å². The van der Waals surface area contributed by atoms with Gasteiger partial charge in [-0.15, -0.1) is 11.8 Å². The molecule has 96 valence electrons. The summed E-state index contributed by atoms with van der Waals surface area (Å²) in [5, 5.41) is 3.30. The van der Waals surface area contributed by atoms with Crippen LogP contribution in [0.15, 0.2) is 45.9 Å². The molecule has 18 heavy (non-hydrogen) atoms. The Hall–Kier alpha value is -1.26. The van der Waals surface area contributed by atoms with Crippen LogP contribution in [0.2, 0.25) is 0 Å². The predicted octanol–water partition coefficient (Wildman–Crippen LogP) is 3.99. The highest BCUT2D eigenvalue weighted by molar-refractivity contribution is 7.98. The van der Waals surface area contributed by atoms with Crippen LogP contribution in [0.3, 0.4) is 0 Å². The van der Waals surface area contributed by atoms with Gasteiger partial charge in [0.25, 0.3) is 0 Å². The van der Waals surface area contributed by atoms with Crippen molar-refractivity contribution in [2.24, 2.45) is 0 Å². The molecule has 0 amide bonds. The van der Waals surface area contributed by atoms with Gasteiger partial charge in [0, 0.05) is 10.9 Å². The third-order valence-corrected chi connectivity index (χ3v) is 3.61. The first kappa shape index (κ1) is 13.2. The molecule has 0 saturated heterocycles. The Bertz CT molecular complexity index is 499. The summed E-state index contributed by atoms with van der Waals surface area (Å²) in [6.07, 6.45) is 3.52. The summed E-state index contributed by atoms with van der Waals surface area (Å²) in [6.45, 7) is 2.65. The van der Waals surface area contributed by atoms with Gasteiger partial charge in [-0.25, -0.2) is 4.39 Å². The molecule has 0 aliphatic carbocycles. The quantitative estimate of drug-likeness (QED) is 0.827. The van der Waals surface area contributed by atoms with Gasteiger partial charge >= 0.3 is 0 Å². The smallest absolute Gasteiger partial charge is 0.137 e. The zero-order chi connectivity index (χ0) is 13.0. The van der Waals surface area contributed by atoms with E-state index in [-0.39, 0.29) is 11.9 Å². The number of furan rings is 1. The molecule has 0 aliphatic heterocycles. The zero-order valence-electron chi connectivity index (χ0n) is 10.4. The van der Waals surface area contributed by atoms with Crippen LogP contribution in [0, 0.1) is 5.82 Å². The Morgan fingerprint density at radius 2 is 2.22 bits per heavy atom. The summed E-state index contributed by atoms with van der Waals surface area (Å²) >= 11 is 1.42. The van der Waals surface area contributed by atoms with Crippen LogP contribution in [0.1, 0.15) is 24.3 Å². The maximum Gasteiger partial charge on any atom is 0.137 e. The van der Waals surface area contributed by atoms with Crippen molar-refractivity contribution >= 4 is 11.8 Å². The molecule has 0 spiro atoms. The summed E-state index contributed by atoms with van der Waals surface area (Å²) in [6, 6.07) is 9.22. The van der Waals surface area contributed by atoms with E-state index in [0.717, 1.165) is 11.3 Å². The second-order valence-corrected chi connectivity index (χ2v) is 4.92. The van der Waals surface area contributed by atoms with Crippen LogP contribution >= 0.6 is 11.8 Å². The van der Waals surface area contributed by atoms with Crippen molar-refractivity contribution in [2.75, 3.05) is 6.26 Å². The van der Waals surface area contributed by atoms with Gasteiger partial charge in [-0.3, -0.25) is 0 Å². The molecule has 1 aromatic carbocycles. The summed E-state index contributed by atoms with van der Waals surface area (Å²) in [5.74, 6) is 0.717. The minimum atomic E-state index is -0.161. The lowest BCUT2D eigenvalue weighted by atomic mass is 10.1. The molecule has 1 N–H and O–H groups in total. The number of nitrogens with one attached hydrogen (secondary N) is 1. The van der Waals surface area contributed by atoms with E-state index in [9.17, 15) is 4.39 Å². The summed E-state index contributed by atoms with van der Waals surface area (Å²) < 4.78 is 18.9. The highest BCUT2D eigenvalue weighted by Gasteiger charge is 2.09. The first-order chi connectivity index (χ1) is 8.70. The second kappa shape index (κ2) is 6.07. The normalized spacial score (nSPS) is 12.6. The molecule has 1 atom stereocenters. The molecule has 2 rings (SSSR count). The molecule has 2 aromatic rings. The fourth-order valence-electron chi connectivity index (χ4n) is 1.74. The molecule has 1 unspecified atom stereocenters. The molecule has 0 radical (unpaired) electrons. The summed E-state index contributed by atoms with van der Waals surface area (Å²) in [4.78, 5) is 0.678. The van der Waals surface area contributed by atoms with E-state index in [0.29, 0.717) is 11.4 Å². The molecule has 2 nitrogen and oxygen atoms in total. The largest absolute Gasteiger partial charge is 0.468 e. The van der Waals surface area contributed by atoms with E-state index < -0.39 is 0 Å². The van der Waals surface area contributed by atoms with Crippen molar-refractivity contribution in [3.05, 3.63) is 53.7 Å². The molecule has 1 heterocycles. The molecule has 0 bridgehead atoms. The van der Waals surface area contributed by atoms with Crippen LogP contribution in [0.4, 0.5) is 4.39 Å². The Morgan fingerprint density at radius 3 is 2.83 bits per heavy atom. The van der Waals surface area contributed by atoms with Crippen molar-refractivity contribution < 1.29 is 8.81 Å². The first-order valence-electron chi connectivity index (χ1n) is 5.80. The Labute approximate surface area is 111 Å². The number of halogens is 1. The van der Waals surface area contributed by atoms with Crippen molar-refractivity contribution in [1.29, 1.82) is 0 Å². The molecule has 0 aliphatic rings. The number of hydrogen-bond acceptors (Lipinski definition) is 3. The van der Waals surface area contributed by atoms with Crippen LogP contribution in [0.5, 0.6) is 0 Å². The molecule has 0 fully saturated rings. The maximum atomic E-state index is 13.7. The molecule has 1 aromatic heterocycles. The standard InChI is InChI=1S/C14H16FNOS/c1-10(16-9-12-4-3-7-17-12)11-5-6-14(18-2)13(15)8-11/h3-8,10,16H,9H2,1-2H3. The second-order valence-electron chi connectivity index (χ2n) is 4.08. The van der Waals surface area contributed by atoms with Gasteiger partial charge in [-0.1, -0.05) is 6.07 Å². The van der Waals surface area contributed by atoms with Crippen LogP contribution in [0.25, 0.3) is 0 Å². The van der Waals surface area contributed by atoms with E-state index in [1.807, 2.05) is 37.4 Å². The van der Waals surface area contributed by atoms with Crippen molar-refractivity contribution in [2.45, 2.75) is 24.4 Å². The average Bonchev–Trinajstić information content (AvgIpc) is 2.89. The molecule has 0 saturated carbocycles. The molecular weight excluding hydrogens is 249 g/mol. The van der Waals surface area contributed by atoms with E-state index in [2.05, 4.69) is 5.32 Å². The summed E-state index contributed by atoms with van der Waals surface area (Å²) in [5.41, 5.74) is 0.942. The van der Waals surface area contributed by atoms with Crippen molar-refractivity contribution in [3.8, 4) is 0 Å². The Morgan fingerprint density at radius 1 is 1.39 bits per heavy atom. The van der Waals surface area contributed by atoms with Crippen LogP contribution in [-0.2, 0) is 6.54 Å². The summed E-state index contributed by atoms with van der Waals surface area (Å²) in [7, 11) is 0. The molecular formula is C14H16FNOS. The van der Waals surface area contributed by atoms with Gasteiger partial charge in [-0.2, -0.15) is 0 Å². The SMILES string of the molecule is CSc1ccc(C(C)NCc2ccco2)cc1F. The maximum absolute atomic E-state index is 13.7. The van der Waals surface area contributed by atoms with Crippen LogP contribution in [-0.4, -0.2) is 6.26 Å². The van der Waals surface area contributed by atoms with Gasteiger partial charge in [0.05, 0.1) is 12.8 Å². The number of rotatable bonds is 5. The fourth-order valence-corrected chi connectivity index (χ4v) is 2.19. The third kappa shape index (κ3) is 3.15. The Balaban J connectivity index is 2.00.